The summed E-state index contributed by atoms with van der Waals surface area (Å²) in [5.41, 5.74) is 2.47. The average molecular weight is 566 g/mol. The van der Waals surface area contributed by atoms with Gasteiger partial charge in [0, 0.05) is 12.5 Å². The van der Waals surface area contributed by atoms with Crippen molar-refractivity contribution in [1.29, 1.82) is 0 Å². The molecule has 6 heteroatoms. The Morgan fingerprint density at radius 2 is 1.83 bits per heavy atom. The van der Waals surface area contributed by atoms with Gasteiger partial charge in [0.2, 0.25) is 0 Å². The quantitative estimate of drug-likeness (QED) is 0.129. The van der Waals surface area contributed by atoms with Crippen molar-refractivity contribution in [2.24, 2.45) is 46.3 Å². The van der Waals surface area contributed by atoms with Crippen LogP contribution >= 0.6 is 0 Å². The lowest BCUT2D eigenvalue weighted by atomic mass is 9.47. The maximum Gasteiger partial charge on any atom is 0.508 e. The fraction of sp³-hybridized carbons (Fsp3) is 0.743. The molecule has 0 unspecified atom stereocenters. The predicted molar refractivity (Wildman–Crippen MR) is 161 cm³/mol. The number of nitro groups is 1. The summed E-state index contributed by atoms with van der Waals surface area (Å²) in [6.45, 7) is 12.2. The Hall–Kier alpha value is -2.37. The van der Waals surface area contributed by atoms with Crippen molar-refractivity contribution < 1.29 is 19.2 Å². The van der Waals surface area contributed by atoms with Crippen LogP contribution in [0.1, 0.15) is 111 Å². The summed E-state index contributed by atoms with van der Waals surface area (Å²) in [6, 6.07) is 6.34. The summed E-state index contributed by atoms with van der Waals surface area (Å²) < 4.78 is 11.1. The lowest BCUT2D eigenvalue weighted by molar-refractivity contribution is -0.385. The van der Waals surface area contributed by atoms with Gasteiger partial charge in [-0.25, -0.2) is 4.79 Å². The van der Waals surface area contributed by atoms with Crippen LogP contribution in [0, 0.1) is 56.5 Å². The molecule has 1 aromatic carbocycles. The van der Waals surface area contributed by atoms with E-state index < -0.39 is 11.1 Å². The number of rotatable bonds is 9. The van der Waals surface area contributed by atoms with Crippen LogP contribution in [0.15, 0.2) is 35.9 Å². The summed E-state index contributed by atoms with van der Waals surface area (Å²) in [6.07, 6.45) is 15.0. The van der Waals surface area contributed by atoms with Crippen molar-refractivity contribution in [2.75, 3.05) is 0 Å². The van der Waals surface area contributed by atoms with Crippen molar-refractivity contribution in [3.05, 3.63) is 51.6 Å². The Kier molecular flexibility index (Phi) is 8.87. The second kappa shape index (κ2) is 12.1. The number of carbonyl (C=O) groups excluding carboxylic acids is 1. The monoisotopic (exact) mass is 565 g/mol. The highest BCUT2D eigenvalue weighted by molar-refractivity contribution is 5.60. The van der Waals surface area contributed by atoms with Gasteiger partial charge in [-0.15, -0.1) is 0 Å². The lowest BCUT2D eigenvalue weighted by Gasteiger charge is -2.58. The van der Waals surface area contributed by atoms with Gasteiger partial charge in [0.1, 0.15) is 12.7 Å². The number of para-hydroxylation sites is 1. The van der Waals surface area contributed by atoms with Crippen LogP contribution in [0.4, 0.5) is 10.5 Å². The molecule has 0 aromatic heterocycles. The van der Waals surface area contributed by atoms with E-state index in [9.17, 15) is 14.9 Å². The normalized spacial score (nSPS) is 35.1. The van der Waals surface area contributed by atoms with Crippen molar-refractivity contribution >= 4 is 11.8 Å². The van der Waals surface area contributed by atoms with Crippen LogP contribution in [-0.2, 0) is 16.1 Å². The molecule has 0 spiro atoms. The first kappa shape index (κ1) is 30.1. The fourth-order valence-corrected chi connectivity index (χ4v) is 9.87. The van der Waals surface area contributed by atoms with E-state index in [4.69, 9.17) is 9.47 Å². The maximum atomic E-state index is 12.5. The minimum absolute atomic E-state index is 0.0478. The number of hydrogen-bond acceptors (Lipinski definition) is 5. The number of benzene rings is 1. The third-order valence-corrected chi connectivity index (χ3v) is 12.1. The maximum absolute atomic E-state index is 12.5. The first-order valence-electron chi connectivity index (χ1n) is 16.3. The Morgan fingerprint density at radius 1 is 1.05 bits per heavy atom. The van der Waals surface area contributed by atoms with E-state index in [-0.39, 0.29) is 23.8 Å². The van der Waals surface area contributed by atoms with Crippen LogP contribution < -0.4 is 0 Å². The van der Waals surface area contributed by atoms with Crippen LogP contribution in [0.25, 0.3) is 0 Å². The Bertz CT molecular complexity index is 1150. The van der Waals surface area contributed by atoms with Gasteiger partial charge in [-0.1, -0.05) is 77.7 Å². The standard InChI is InChI=1S/C35H51NO5/c1-23(2)9-8-10-24(3)29-15-16-30-28-14-13-26-21-27(17-19-34(26,4)31(28)18-20-35(29,30)5)41-33(37)40-22-25-11-6-7-12-32(25)36(38)39/h6-7,11-13,23-24,27-31H,8-10,14-22H2,1-5H3/t24-,27+,28+,29-,30+,31+,34+,35-/m1/s1. The summed E-state index contributed by atoms with van der Waals surface area (Å²) in [7, 11) is 0. The van der Waals surface area contributed by atoms with Gasteiger partial charge in [0.25, 0.3) is 5.69 Å². The van der Waals surface area contributed by atoms with Crippen LogP contribution in [-0.4, -0.2) is 17.2 Å². The van der Waals surface area contributed by atoms with E-state index in [2.05, 4.69) is 40.7 Å². The third-order valence-electron chi connectivity index (χ3n) is 12.1. The van der Waals surface area contributed by atoms with Gasteiger partial charge in [-0.3, -0.25) is 10.1 Å². The molecule has 1 aromatic rings. The van der Waals surface area contributed by atoms with Gasteiger partial charge in [-0.05, 0) is 97.3 Å². The fourth-order valence-electron chi connectivity index (χ4n) is 9.87. The number of hydrogen-bond donors (Lipinski definition) is 0. The minimum atomic E-state index is -0.737. The summed E-state index contributed by atoms with van der Waals surface area (Å²) in [4.78, 5) is 23.3. The van der Waals surface area contributed by atoms with Crippen LogP contribution in [0.2, 0.25) is 0 Å². The summed E-state index contributed by atoms with van der Waals surface area (Å²) >= 11 is 0. The van der Waals surface area contributed by atoms with Gasteiger partial charge in [-0.2, -0.15) is 0 Å². The molecule has 0 heterocycles. The number of ether oxygens (including phenoxy) is 2. The van der Waals surface area contributed by atoms with E-state index in [0.29, 0.717) is 11.0 Å². The molecule has 0 radical (unpaired) electrons. The van der Waals surface area contributed by atoms with E-state index in [1.165, 1.54) is 63.0 Å². The van der Waals surface area contributed by atoms with Gasteiger partial charge < -0.3 is 9.47 Å². The van der Waals surface area contributed by atoms with Crippen molar-refractivity contribution in [3.63, 3.8) is 0 Å². The Morgan fingerprint density at radius 3 is 2.59 bits per heavy atom. The Labute approximate surface area is 246 Å². The van der Waals surface area contributed by atoms with Gasteiger partial charge in [0.05, 0.1) is 10.5 Å². The molecular formula is C35H51NO5. The second-order valence-corrected chi connectivity index (χ2v) is 14.7. The molecule has 0 N–H and O–H groups in total. The Balaban J connectivity index is 1.19. The number of nitrogens with zero attached hydrogens (tertiary/aromatic N) is 1. The summed E-state index contributed by atoms with van der Waals surface area (Å²) in [5.74, 6) is 4.83. The summed E-state index contributed by atoms with van der Waals surface area (Å²) in [5, 5.41) is 11.3. The second-order valence-electron chi connectivity index (χ2n) is 14.7. The third kappa shape index (κ3) is 5.95. The highest BCUT2D eigenvalue weighted by atomic mass is 16.7. The largest absolute Gasteiger partial charge is 0.508 e. The zero-order chi connectivity index (χ0) is 29.4. The number of nitro benzene ring substituents is 1. The smallest absolute Gasteiger partial charge is 0.431 e. The molecule has 0 amide bonds. The topological polar surface area (TPSA) is 78.7 Å². The van der Waals surface area contributed by atoms with Crippen molar-refractivity contribution in [2.45, 2.75) is 118 Å². The SMILES string of the molecule is CC(C)CCC[C@@H](C)[C@H]1CC[C@H]2[C@@H]3CC=C4C[C@@H](OC(=O)OCc5ccccc5[N+](=O)[O-])CC[C@]4(C)[C@H]3CC[C@]12C. The molecule has 3 saturated carbocycles. The molecule has 8 atom stereocenters. The highest BCUT2D eigenvalue weighted by Gasteiger charge is 2.59. The lowest BCUT2D eigenvalue weighted by Crippen LogP contribution is -2.51. The highest BCUT2D eigenvalue weighted by Crippen LogP contribution is 2.67. The van der Waals surface area contributed by atoms with Crippen LogP contribution in [0.3, 0.4) is 0 Å². The molecule has 4 aliphatic carbocycles. The van der Waals surface area contributed by atoms with E-state index in [1.807, 2.05) is 0 Å². The van der Waals surface area contributed by atoms with Crippen molar-refractivity contribution in [1.82, 2.24) is 0 Å². The average Bonchev–Trinajstić information content (AvgIpc) is 3.29. The first-order valence-corrected chi connectivity index (χ1v) is 16.3. The minimum Gasteiger partial charge on any atom is -0.431 e. The van der Waals surface area contributed by atoms with Gasteiger partial charge >= 0.3 is 6.16 Å². The molecule has 0 saturated heterocycles. The number of fused-ring (bicyclic) bond motifs is 5. The van der Waals surface area contributed by atoms with E-state index in [1.54, 1.807) is 18.2 Å². The molecule has 6 nitrogen and oxygen atoms in total. The van der Waals surface area contributed by atoms with Crippen LogP contribution in [0.5, 0.6) is 0 Å². The van der Waals surface area contributed by atoms with Gasteiger partial charge in [0.15, 0.2) is 0 Å². The van der Waals surface area contributed by atoms with E-state index >= 15 is 0 Å². The molecule has 4 aliphatic rings. The molecule has 41 heavy (non-hydrogen) atoms. The number of carbonyl (C=O) groups is 1. The molecule has 0 bridgehead atoms. The zero-order valence-corrected chi connectivity index (χ0v) is 25.9. The predicted octanol–water partition coefficient (Wildman–Crippen LogP) is 9.66. The molecule has 3 fully saturated rings. The van der Waals surface area contributed by atoms with Crippen molar-refractivity contribution in [3.8, 4) is 0 Å². The molecule has 5 rings (SSSR count). The molecule has 0 aliphatic heterocycles. The molecular weight excluding hydrogens is 514 g/mol. The van der Waals surface area contributed by atoms with E-state index in [0.717, 1.165) is 54.8 Å². The zero-order valence-electron chi connectivity index (χ0n) is 25.9. The molecule has 226 valence electrons. The number of allylic oxidation sites excluding steroid dienone is 1. The first-order chi connectivity index (χ1) is 19.5.